The molecule has 0 radical (unpaired) electrons. The number of amides is 2. The Morgan fingerprint density at radius 1 is 1.23 bits per heavy atom. The lowest BCUT2D eigenvalue weighted by atomic mass is 10.1. The van der Waals surface area contributed by atoms with Crippen LogP contribution in [0.2, 0.25) is 0 Å². The van der Waals surface area contributed by atoms with Crippen LogP contribution in [0.5, 0.6) is 0 Å². The molecule has 5 nitrogen and oxygen atoms in total. The van der Waals surface area contributed by atoms with Gasteiger partial charge in [-0.05, 0) is 50.6 Å². The van der Waals surface area contributed by atoms with E-state index in [1.54, 1.807) is 0 Å². The molecule has 1 aromatic rings. The molecule has 1 aromatic carbocycles. The topological polar surface area (TPSA) is 61.4 Å². The average molecular weight is 303 g/mol. The molecular weight excluding hydrogens is 278 g/mol. The summed E-state index contributed by atoms with van der Waals surface area (Å²) in [7, 11) is 1.88. The van der Waals surface area contributed by atoms with Crippen molar-refractivity contribution in [3.8, 4) is 0 Å². The molecule has 0 atom stereocenters. The number of nitrogens with one attached hydrogen (secondary N) is 2. The van der Waals surface area contributed by atoms with Gasteiger partial charge in [-0.1, -0.05) is 12.1 Å². The van der Waals surface area contributed by atoms with Crippen LogP contribution in [0.3, 0.4) is 0 Å². The summed E-state index contributed by atoms with van der Waals surface area (Å²) in [5, 5.41) is 5.94. The Bertz CT molecular complexity index is 499. The molecule has 1 saturated heterocycles. The summed E-state index contributed by atoms with van der Waals surface area (Å²) in [5.41, 5.74) is 2.00. The van der Waals surface area contributed by atoms with Gasteiger partial charge in [0, 0.05) is 31.6 Å². The number of benzene rings is 1. The number of rotatable bonds is 7. The molecule has 2 N–H and O–H groups in total. The SMILES string of the molecule is CNCCCC(=O)NCc1ccc(N2CCCCC2=O)cc1. The third-order valence-electron chi connectivity index (χ3n) is 3.89. The van der Waals surface area contributed by atoms with E-state index in [1.807, 2.05) is 36.2 Å². The molecule has 2 amide bonds. The molecule has 0 unspecified atom stereocenters. The van der Waals surface area contributed by atoms with Crippen LogP contribution in [0.1, 0.15) is 37.7 Å². The molecule has 0 spiro atoms. The lowest BCUT2D eigenvalue weighted by Gasteiger charge is -2.26. The molecule has 2 rings (SSSR count). The van der Waals surface area contributed by atoms with Gasteiger partial charge in [0.2, 0.25) is 11.8 Å². The van der Waals surface area contributed by atoms with Crippen molar-refractivity contribution in [3.05, 3.63) is 29.8 Å². The Kier molecular flexibility index (Phi) is 6.40. The molecule has 0 saturated carbocycles. The van der Waals surface area contributed by atoms with Crippen molar-refractivity contribution < 1.29 is 9.59 Å². The van der Waals surface area contributed by atoms with Crippen LogP contribution in [-0.4, -0.2) is 32.0 Å². The highest BCUT2D eigenvalue weighted by Gasteiger charge is 2.19. The zero-order valence-electron chi connectivity index (χ0n) is 13.2. The second kappa shape index (κ2) is 8.54. The second-order valence-electron chi connectivity index (χ2n) is 5.65. The minimum Gasteiger partial charge on any atom is -0.352 e. The largest absolute Gasteiger partial charge is 0.352 e. The number of piperidine rings is 1. The predicted octanol–water partition coefficient (Wildman–Crippen LogP) is 1.82. The molecule has 0 bridgehead atoms. The Balaban J connectivity index is 1.81. The summed E-state index contributed by atoms with van der Waals surface area (Å²) in [6.45, 7) is 2.19. The highest BCUT2D eigenvalue weighted by molar-refractivity contribution is 5.93. The van der Waals surface area contributed by atoms with Gasteiger partial charge in [-0.2, -0.15) is 0 Å². The van der Waals surface area contributed by atoms with E-state index in [4.69, 9.17) is 0 Å². The maximum Gasteiger partial charge on any atom is 0.226 e. The quantitative estimate of drug-likeness (QED) is 0.755. The molecule has 22 heavy (non-hydrogen) atoms. The van der Waals surface area contributed by atoms with Crippen molar-refractivity contribution in [3.63, 3.8) is 0 Å². The fourth-order valence-corrected chi connectivity index (χ4v) is 2.59. The fraction of sp³-hybridized carbons (Fsp3) is 0.529. The van der Waals surface area contributed by atoms with E-state index >= 15 is 0 Å². The summed E-state index contributed by atoms with van der Waals surface area (Å²) < 4.78 is 0. The van der Waals surface area contributed by atoms with Crippen molar-refractivity contribution in [2.45, 2.75) is 38.6 Å². The number of hydrogen-bond donors (Lipinski definition) is 2. The van der Waals surface area contributed by atoms with Crippen molar-refractivity contribution in [2.75, 3.05) is 25.0 Å². The summed E-state index contributed by atoms with van der Waals surface area (Å²) in [6.07, 6.45) is 4.09. The predicted molar refractivity (Wildman–Crippen MR) is 87.7 cm³/mol. The summed E-state index contributed by atoms with van der Waals surface area (Å²) >= 11 is 0. The number of anilines is 1. The molecule has 1 fully saturated rings. The number of nitrogens with zero attached hydrogens (tertiary/aromatic N) is 1. The summed E-state index contributed by atoms with van der Waals surface area (Å²) in [5.74, 6) is 0.280. The molecule has 5 heteroatoms. The molecule has 1 aliphatic rings. The number of carbonyl (C=O) groups excluding carboxylic acids is 2. The third kappa shape index (κ3) is 4.84. The van der Waals surface area contributed by atoms with E-state index < -0.39 is 0 Å². The van der Waals surface area contributed by atoms with Gasteiger partial charge in [-0.25, -0.2) is 0 Å². The second-order valence-corrected chi connectivity index (χ2v) is 5.65. The van der Waals surface area contributed by atoms with E-state index in [0.29, 0.717) is 19.4 Å². The minimum atomic E-state index is 0.0746. The normalized spacial score (nSPS) is 15.0. The van der Waals surface area contributed by atoms with Crippen molar-refractivity contribution >= 4 is 17.5 Å². The first kappa shape index (κ1) is 16.5. The Morgan fingerprint density at radius 2 is 2.00 bits per heavy atom. The van der Waals surface area contributed by atoms with Crippen molar-refractivity contribution in [1.82, 2.24) is 10.6 Å². The van der Waals surface area contributed by atoms with Gasteiger partial charge in [0.25, 0.3) is 0 Å². The van der Waals surface area contributed by atoms with Gasteiger partial charge in [-0.15, -0.1) is 0 Å². The zero-order chi connectivity index (χ0) is 15.8. The summed E-state index contributed by atoms with van der Waals surface area (Å²) in [6, 6.07) is 7.88. The standard InChI is InChI=1S/C17H25N3O2/c1-18-11-4-5-16(21)19-13-14-7-9-15(10-8-14)20-12-3-2-6-17(20)22/h7-10,18H,2-6,11-13H2,1H3,(H,19,21). The first-order valence-corrected chi connectivity index (χ1v) is 8.01. The number of hydrogen-bond acceptors (Lipinski definition) is 3. The van der Waals surface area contributed by atoms with Gasteiger partial charge in [-0.3, -0.25) is 9.59 Å². The van der Waals surface area contributed by atoms with Crippen molar-refractivity contribution in [2.24, 2.45) is 0 Å². The van der Waals surface area contributed by atoms with Crippen LogP contribution in [0.15, 0.2) is 24.3 Å². The van der Waals surface area contributed by atoms with Crippen LogP contribution in [0.4, 0.5) is 5.69 Å². The Hall–Kier alpha value is -1.88. The van der Waals surface area contributed by atoms with Crippen LogP contribution in [-0.2, 0) is 16.1 Å². The lowest BCUT2D eigenvalue weighted by Crippen LogP contribution is -2.35. The van der Waals surface area contributed by atoms with Crippen LogP contribution < -0.4 is 15.5 Å². The molecule has 1 aliphatic heterocycles. The molecule has 0 aliphatic carbocycles. The maximum absolute atomic E-state index is 11.9. The zero-order valence-corrected chi connectivity index (χ0v) is 13.2. The first-order chi connectivity index (χ1) is 10.7. The fourth-order valence-electron chi connectivity index (χ4n) is 2.59. The van der Waals surface area contributed by atoms with Gasteiger partial charge in [0.05, 0.1) is 0 Å². The van der Waals surface area contributed by atoms with E-state index in [2.05, 4.69) is 10.6 Å². The van der Waals surface area contributed by atoms with Gasteiger partial charge in [0.15, 0.2) is 0 Å². The Morgan fingerprint density at radius 3 is 2.68 bits per heavy atom. The minimum absolute atomic E-state index is 0.0746. The van der Waals surface area contributed by atoms with E-state index in [-0.39, 0.29) is 11.8 Å². The molecule has 1 heterocycles. The van der Waals surface area contributed by atoms with Crippen LogP contribution in [0, 0.1) is 0 Å². The Labute approximate surface area is 132 Å². The molecular formula is C17H25N3O2. The summed E-state index contributed by atoms with van der Waals surface area (Å²) in [4.78, 5) is 25.4. The highest BCUT2D eigenvalue weighted by atomic mass is 16.2. The van der Waals surface area contributed by atoms with Crippen molar-refractivity contribution in [1.29, 1.82) is 0 Å². The lowest BCUT2D eigenvalue weighted by molar-refractivity contribution is -0.121. The average Bonchev–Trinajstić information content (AvgIpc) is 2.54. The van der Waals surface area contributed by atoms with Gasteiger partial charge in [0.1, 0.15) is 0 Å². The van der Waals surface area contributed by atoms with E-state index in [0.717, 1.165) is 43.6 Å². The monoisotopic (exact) mass is 303 g/mol. The third-order valence-corrected chi connectivity index (χ3v) is 3.89. The highest BCUT2D eigenvalue weighted by Crippen LogP contribution is 2.21. The maximum atomic E-state index is 11.9. The molecule has 0 aromatic heterocycles. The van der Waals surface area contributed by atoms with Gasteiger partial charge < -0.3 is 15.5 Å². The van der Waals surface area contributed by atoms with E-state index in [1.165, 1.54) is 0 Å². The number of carbonyl (C=O) groups is 2. The van der Waals surface area contributed by atoms with Crippen LogP contribution >= 0.6 is 0 Å². The van der Waals surface area contributed by atoms with Gasteiger partial charge >= 0.3 is 0 Å². The first-order valence-electron chi connectivity index (χ1n) is 8.01. The van der Waals surface area contributed by atoms with E-state index in [9.17, 15) is 9.59 Å². The smallest absolute Gasteiger partial charge is 0.226 e. The van der Waals surface area contributed by atoms with Crippen LogP contribution in [0.25, 0.3) is 0 Å². The molecule has 120 valence electrons.